The van der Waals surface area contributed by atoms with Gasteiger partial charge in [0.25, 0.3) is 5.95 Å². The standard InChI is InChI=1S/C5H10N6O/c6-5-7-8-9-11(5)10-1-3-12-4-2-10/h1-4H2,(H2,6,7,9). The van der Waals surface area contributed by atoms with E-state index in [1.807, 2.05) is 5.01 Å². The molecular weight excluding hydrogens is 160 g/mol. The largest absolute Gasteiger partial charge is 0.378 e. The highest BCUT2D eigenvalue weighted by atomic mass is 16.5. The summed E-state index contributed by atoms with van der Waals surface area (Å²) in [6.07, 6.45) is 0. The van der Waals surface area contributed by atoms with E-state index in [1.54, 1.807) is 0 Å². The minimum absolute atomic E-state index is 0.317. The Balaban J connectivity index is 2.13. The molecule has 0 aliphatic carbocycles. The Hall–Kier alpha value is -1.37. The zero-order chi connectivity index (χ0) is 8.39. The number of hydrogen-bond acceptors (Lipinski definition) is 6. The van der Waals surface area contributed by atoms with Gasteiger partial charge in [-0.25, -0.2) is 0 Å². The lowest BCUT2D eigenvalue weighted by Crippen LogP contribution is -2.45. The summed E-state index contributed by atoms with van der Waals surface area (Å²) in [5.74, 6) is 0.317. The van der Waals surface area contributed by atoms with E-state index < -0.39 is 0 Å². The molecule has 1 fully saturated rings. The highest BCUT2D eigenvalue weighted by molar-refractivity contribution is 5.13. The Morgan fingerprint density at radius 1 is 1.33 bits per heavy atom. The van der Waals surface area contributed by atoms with Crippen molar-refractivity contribution in [2.75, 3.05) is 37.0 Å². The van der Waals surface area contributed by atoms with Gasteiger partial charge in [0.05, 0.1) is 26.3 Å². The Kier molecular flexibility index (Phi) is 1.78. The number of nitrogens with zero attached hydrogens (tertiary/aromatic N) is 5. The predicted molar refractivity (Wildman–Crippen MR) is 41.0 cm³/mol. The van der Waals surface area contributed by atoms with Crippen molar-refractivity contribution in [3.05, 3.63) is 0 Å². The van der Waals surface area contributed by atoms with Crippen molar-refractivity contribution in [3.8, 4) is 0 Å². The maximum absolute atomic E-state index is 5.52. The van der Waals surface area contributed by atoms with Crippen molar-refractivity contribution in [2.24, 2.45) is 0 Å². The first kappa shape index (κ1) is 7.29. The van der Waals surface area contributed by atoms with Crippen LogP contribution in [0.15, 0.2) is 0 Å². The van der Waals surface area contributed by atoms with Gasteiger partial charge in [-0.1, -0.05) is 5.10 Å². The topological polar surface area (TPSA) is 82.1 Å². The molecule has 1 aromatic rings. The van der Waals surface area contributed by atoms with Crippen LogP contribution < -0.4 is 10.7 Å². The van der Waals surface area contributed by atoms with Crippen molar-refractivity contribution >= 4 is 5.95 Å². The molecule has 0 bridgehead atoms. The molecule has 1 saturated heterocycles. The molecule has 7 heteroatoms. The van der Waals surface area contributed by atoms with Crippen LogP contribution in [0.1, 0.15) is 0 Å². The maximum Gasteiger partial charge on any atom is 0.260 e. The van der Waals surface area contributed by atoms with Crippen LogP contribution in [0.2, 0.25) is 0 Å². The van der Waals surface area contributed by atoms with Gasteiger partial charge in [-0.15, -0.1) is 4.79 Å². The fourth-order valence-electron chi connectivity index (χ4n) is 1.13. The monoisotopic (exact) mass is 170 g/mol. The molecule has 0 amide bonds. The van der Waals surface area contributed by atoms with E-state index in [1.165, 1.54) is 4.79 Å². The molecule has 7 nitrogen and oxygen atoms in total. The number of nitrogen functional groups attached to an aromatic ring is 1. The summed E-state index contributed by atoms with van der Waals surface area (Å²) in [7, 11) is 0. The van der Waals surface area contributed by atoms with E-state index in [0.717, 1.165) is 13.1 Å². The molecule has 2 heterocycles. The Morgan fingerprint density at radius 2 is 2.08 bits per heavy atom. The van der Waals surface area contributed by atoms with Gasteiger partial charge in [-0.05, 0) is 10.4 Å². The number of nitrogens with two attached hydrogens (primary N) is 1. The normalized spacial score (nSPS) is 18.2. The fraction of sp³-hybridized carbons (Fsp3) is 0.800. The molecular formula is C5H10N6O. The number of hydrogen-bond donors (Lipinski definition) is 1. The second kappa shape index (κ2) is 2.94. The van der Waals surface area contributed by atoms with Gasteiger partial charge in [0.2, 0.25) is 0 Å². The van der Waals surface area contributed by atoms with Gasteiger partial charge >= 0.3 is 0 Å². The summed E-state index contributed by atoms with van der Waals surface area (Å²) in [4.78, 5) is 1.50. The van der Waals surface area contributed by atoms with Crippen LogP contribution in [0.25, 0.3) is 0 Å². The Bertz CT molecular complexity index is 254. The molecule has 12 heavy (non-hydrogen) atoms. The quantitative estimate of drug-likeness (QED) is 0.536. The van der Waals surface area contributed by atoms with E-state index in [9.17, 15) is 0 Å². The SMILES string of the molecule is Nc1nnnn1N1CCOCC1. The summed E-state index contributed by atoms with van der Waals surface area (Å²) in [5.41, 5.74) is 5.52. The fourth-order valence-corrected chi connectivity index (χ4v) is 1.13. The summed E-state index contributed by atoms with van der Waals surface area (Å²) >= 11 is 0. The minimum Gasteiger partial charge on any atom is -0.378 e. The highest BCUT2D eigenvalue weighted by Gasteiger charge is 2.14. The molecule has 0 unspecified atom stereocenters. The molecule has 1 aromatic heterocycles. The van der Waals surface area contributed by atoms with Crippen molar-refractivity contribution < 1.29 is 4.74 Å². The summed E-state index contributed by atoms with van der Waals surface area (Å²) in [6.45, 7) is 2.93. The van der Waals surface area contributed by atoms with Crippen molar-refractivity contribution in [1.82, 2.24) is 20.3 Å². The zero-order valence-corrected chi connectivity index (χ0v) is 6.55. The number of aromatic nitrogens is 4. The molecule has 1 aliphatic heterocycles. The smallest absolute Gasteiger partial charge is 0.260 e. The molecule has 1 aliphatic rings. The van der Waals surface area contributed by atoms with Crippen molar-refractivity contribution in [2.45, 2.75) is 0 Å². The minimum atomic E-state index is 0.317. The molecule has 0 aromatic carbocycles. The second-order valence-corrected chi connectivity index (χ2v) is 2.49. The van der Waals surface area contributed by atoms with E-state index in [4.69, 9.17) is 10.5 Å². The summed E-state index contributed by atoms with van der Waals surface area (Å²) in [5, 5.41) is 12.7. The molecule has 66 valence electrons. The van der Waals surface area contributed by atoms with Crippen LogP contribution >= 0.6 is 0 Å². The molecule has 0 spiro atoms. The van der Waals surface area contributed by atoms with E-state index >= 15 is 0 Å². The molecule has 0 radical (unpaired) electrons. The van der Waals surface area contributed by atoms with Crippen LogP contribution in [0.3, 0.4) is 0 Å². The average molecular weight is 170 g/mol. The first-order valence-electron chi connectivity index (χ1n) is 3.75. The van der Waals surface area contributed by atoms with Crippen molar-refractivity contribution in [3.63, 3.8) is 0 Å². The average Bonchev–Trinajstić information content (AvgIpc) is 2.53. The lowest BCUT2D eigenvalue weighted by molar-refractivity contribution is 0.109. The summed E-state index contributed by atoms with van der Waals surface area (Å²) in [6, 6.07) is 0. The lowest BCUT2D eigenvalue weighted by Gasteiger charge is -2.27. The van der Waals surface area contributed by atoms with Crippen molar-refractivity contribution in [1.29, 1.82) is 0 Å². The number of tetrazole rings is 1. The van der Waals surface area contributed by atoms with E-state index in [-0.39, 0.29) is 0 Å². The van der Waals surface area contributed by atoms with E-state index in [2.05, 4.69) is 15.5 Å². The first-order valence-corrected chi connectivity index (χ1v) is 3.75. The molecule has 2 rings (SSSR count). The van der Waals surface area contributed by atoms with Crippen LogP contribution in [-0.4, -0.2) is 46.6 Å². The van der Waals surface area contributed by atoms with Gasteiger partial charge in [0.1, 0.15) is 0 Å². The zero-order valence-electron chi connectivity index (χ0n) is 6.55. The molecule has 2 N–H and O–H groups in total. The van der Waals surface area contributed by atoms with Gasteiger partial charge in [0, 0.05) is 0 Å². The third-order valence-corrected chi connectivity index (χ3v) is 1.73. The van der Waals surface area contributed by atoms with Crippen LogP contribution in [0, 0.1) is 0 Å². The highest BCUT2D eigenvalue weighted by Crippen LogP contribution is 1.98. The third-order valence-electron chi connectivity index (χ3n) is 1.73. The van der Waals surface area contributed by atoms with Crippen LogP contribution in [-0.2, 0) is 4.74 Å². The van der Waals surface area contributed by atoms with Crippen LogP contribution in [0.5, 0.6) is 0 Å². The number of morpholine rings is 1. The number of rotatable bonds is 1. The second-order valence-electron chi connectivity index (χ2n) is 2.49. The van der Waals surface area contributed by atoms with Gasteiger partial charge in [-0.3, -0.25) is 5.01 Å². The molecule has 0 atom stereocenters. The maximum atomic E-state index is 5.52. The first-order chi connectivity index (χ1) is 5.88. The Morgan fingerprint density at radius 3 is 2.67 bits per heavy atom. The Labute approximate surface area is 69.1 Å². The van der Waals surface area contributed by atoms with E-state index in [0.29, 0.717) is 19.2 Å². The van der Waals surface area contributed by atoms with Gasteiger partial charge in [0.15, 0.2) is 0 Å². The van der Waals surface area contributed by atoms with Gasteiger partial charge < -0.3 is 10.5 Å². The number of anilines is 1. The third kappa shape index (κ3) is 1.18. The predicted octanol–water partition coefficient (Wildman–Crippen LogP) is -1.78. The van der Waals surface area contributed by atoms with Crippen LogP contribution in [0.4, 0.5) is 5.95 Å². The molecule has 0 saturated carbocycles. The van der Waals surface area contributed by atoms with Gasteiger partial charge in [-0.2, -0.15) is 0 Å². The number of ether oxygens (including phenoxy) is 1. The summed E-state index contributed by atoms with van der Waals surface area (Å²) < 4.78 is 5.17. The lowest BCUT2D eigenvalue weighted by atomic mass is 10.5.